The molecule has 0 aliphatic rings. The van der Waals surface area contributed by atoms with Gasteiger partial charge >= 0.3 is 0 Å². The maximum atomic E-state index is 12.8. The van der Waals surface area contributed by atoms with E-state index in [1.165, 1.54) is 6.07 Å². The molecule has 1 heterocycles. The molecule has 38 heavy (non-hydrogen) atoms. The fraction of sp³-hybridized carbons (Fsp3) is 0.400. The summed E-state index contributed by atoms with van der Waals surface area (Å²) in [6, 6.07) is 14.4. The van der Waals surface area contributed by atoms with E-state index in [9.17, 15) is 10.2 Å². The second-order valence-electron chi connectivity index (χ2n) is 12.0. The summed E-state index contributed by atoms with van der Waals surface area (Å²) in [5.74, 6) is 0.467. The minimum Gasteiger partial charge on any atom is -2.00 e. The molecule has 0 amide bonds. The third-order valence-electron chi connectivity index (χ3n) is 5.68. The molecular formula is C30H39N4O3V-5. The van der Waals surface area contributed by atoms with Crippen LogP contribution >= 0.6 is 0 Å². The van der Waals surface area contributed by atoms with Crippen LogP contribution in [0.3, 0.4) is 0 Å². The molecule has 0 saturated carbocycles. The number of hydrogen-bond donors (Lipinski definition) is 1. The van der Waals surface area contributed by atoms with Crippen molar-refractivity contribution in [2.75, 3.05) is 5.43 Å². The molecule has 0 aliphatic heterocycles. The van der Waals surface area contributed by atoms with Gasteiger partial charge in [0.2, 0.25) is 0 Å². The maximum Gasteiger partial charge on any atom is 0.146 e. The molecule has 1 radical (unpaired) electrons. The van der Waals surface area contributed by atoms with Crippen LogP contribution in [0.25, 0.3) is 5.73 Å². The first-order valence-corrected chi connectivity index (χ1v) is 12.1. The summed E-state index contributed by atoms with van der Waals surface area (Å²) < 4.78 is 0. The Morgan fingerprint density at radius 1 is 0.816 bits per heavy atom. The van der Waals surface area contributed by atoms with Crippen molar-refractivity contribution in [1.82, 2.24) is 4.98 Å². The van der Waals surface area contributed by atoms with E-state index in [2.05, 4.69) is 77.8 Å². The number of aromatic nitrogens is 1. The molecule has 207 valence electrons. The summed E-state index contributed by atoms with van der Waals surface area (Å²) in [5.41, 5.74) is 13.6. The third kappa shape index (κ3) is 10.0. The van der Waals surface area contributed by atoms with Gasteiger partial charge in [0.25, 0.3) is 0 Å². The van der Waals surface area contributed by atoms with Crippen molar-refractivity contribution < 1.29 is 34.2 Å². The van der Waals surface area contributed by atoms with Crippen LogP contribution in [0.2, 0.25) is 0 Å². The van der Waals surface area contributed by atoms with E-state index >= 15 is 0 Å². The second kappa shape index (κ2) is 13.7. The predicted molar refractivity (Wildman–Crippen MR) is 148 cm³/mol. The van der Waals surface area contributed by atoms with Gasteiger partial charge in [-0.2, -0.15) is 5.10 Å². The standard InChI is InChI=1S/C20H27N3O.C10H14NO.O.V/c1-19(2,3)15-11-14(18(24)16(12-15)20(4,5)6)13-22-23-17-9-7-8-10-21-17;1-10(2,3)7-4-5-9(12)8(11)6-7;;/h7-13,24H,1-6H3,(H,21,23);4-6,11-12H,1-3H3;;/q;-1;-2;/p-2/b22-13+;;;. The van der Waals surface area contributed by atoms with Gasteiger partial charge in [0.15, 0.2) is 0 Å². The van der Waals surface area contributed by atoms with Gasteiger partial charge in [0, 0.05) is 24.8 Å². The molecule has 0 bridgehead atoms. The van der Waals surface area contributed by atoms with Crippen LogP contribution in [-0.2, 0) is 40.3 Å². The number of benzene rings is 2. The first-order chi connectivity index (χ1) is 16.5. The SMILES string of the molecule is CC(C)(C)c1cc(/C=N/Nc2ccccn2)c([O-])c(C(C)(C)C)c1.CC(C)(C)c1ccc([O-])c([NH-])c1.[O-2].[V]. The van der Waals surface area contributed by atoms with E-state index in [4.69, 9.17) is 5.73 Å². The van der Waals surface area contributed by atoms with E-state index in [0.29, 0.717) is 11.4 Å². The Morgan fingerprint density at radius 2 is 1.42 bits per heavy atom. The summed E-state index contributed by atoms with van der Waals surface area (Å²) in [4.78, 5) is 4.14. The molecule has 0 atom stereocenters. The second-order valence-corrected chi connectivity index (χ2v) is 12.0. The zero-order chi connectivity index (χ0) is 27.3. The average Bonchev–Trinajstić information content (AvgIpc) is 2.75. The number of rotatable bonds is 3. The third-order valence-corrected chi connectivity index (χ3v) is 5.68. The quantitative estimate of drug-likeness (QED) is 0.281. The van der Waals surface area contributed by atoms with Gasteiger partial charge in [-0.3, -0.25) is 5.43 Å². The fourth-order valence-corrected chi connectivity index (χ4v) is 3.33. The minimum absolute atomic E-state index is 0. The Balaban J connectivity index is 0.000000831. The molecule has 8 heteroatoms. The first-order valence-electron chi connectivity index (χ1n) is 12.1. The monoisotopic (exact) mass is 554 g/mol. The molecule has 0 saturated heterocycles. The number of hydrogen-bond acceptors (Lipinski definition) is 5. The molecule has 3 rings (SSSR count). The van der Waals surface area contributed by atoms with Crippen LogP contribution in [0.4, 0.5) is 11.5 Å². The topological polar surface area (TPSA) is 136 Å². The summed E-state index contributed by atoms with van der Waals surface area (Å²) in [6.07, 6.45) is 3.27. The molecule has 7 nitrogen and oxygen atoms in total. The van der Waals surface area contributed by atoms with Gasteiger partial charge in [-0.05, 0) is 50.6 Å². The molecule has 2 N–H and O–H groups in total. The van der Waals surface area contributed by atoms with Gasteiger partial charge < -0.3 is 21.4 Å². The summed E-state index contributed by atoms with van der Waals surface area (Å²) >= 11 is 0. The van der Waals surface area contributed by atoms with E-state index < -0.39 is 0 Å². The van der Waals surface area contributed by atoms with E-state index in [-0.39, 0.29) is 57.5 Å². The minimum atomic E-state index is -0.213. The van der Waals surface area contributed by atoms with Gasteiger partial charge in [-0.25, -0.2) is 4.98 Å². The molecule has 1 aromatic heterocycles. The number of hydrazone groups is 1. The first kappa shape index (κ1) is 35.0. The summed E-state index contributed by atoms with van der Waals surface area (Å²) in [6.45, 7) is 18.8. The van der Waals surface area contributed by atoms with E-state index in [0.717, 1.165) is 16.7 Å². The van der Waals surface area contributed by atoms with Crippen molar-refractivity contribution >= 4 is 17.7 Å². The fourth-order valence-electron chi connectivity index (χ4n) is 3.33. The smallest absolute Gasteiger partial charge is 0.146 e. The largest absolute Gasteiger partial charge is 2.00 e. The summed E-state index contributed by atoms with van der Waals surface area (Å²) in [7, 11) is 0. The zero-order valence-corrected chi connectivity index (χ0v) is 25.2. The molecular weight excluding hydrogens is 515 g/mol. The van der Waals surface area contributed by atoms with Gasteiger partial charge in [-0.1, -0.05) is 104 Å². The van der Waals surface area contributed by atoms with Gasteiger partial charge in [0.05, 0.1) is 6.21 Å². The van der Waals surface area contributed by atoms with E-state index in [1.54, 1.807) is 24.5 Å². The van der Waals surface area contributed by atoms with Crippen LogP contribution in [0.5, 0.6) is 11.5 Å². The van der Waals surface area contributed by atoms with Crippen LogP contribution in [0, 0.1) is 0 Å². The van der Waals surface area contributed by atoms with Crippen LogP contribution in [-0.4, -0.2) is 11.2 Å². The van der Waals surface area contributed by atoms with Crippen molar-refractivity contribution in [1.29, 1.82) is 0 Å². The van der Waals surface area contributed by atoms with Gasteiger partial charge in [0.1, 0.15) is 5.82 Å². The molecule has 0 unspecified atom stereocenters. The number of nitrogens with one attached hydrogen (secondary N) is 2. The maximum absolute atomic E-state index is 12.8. The van der Waals surface area contributed by atoms with Crippen molar-refractivity contribution in [2.24, 2.45) is 5.10 Å². The Kier molecular flexibility index (Phi) is 12.6. The van der Waals surface area contributed by atoms with E-state index in [1.807, 2.05) is 30.3 Å². The molecule has 0 aliphatic carbocycles. The van der Waals surface area contributed by atoms with Crippen molar-refractivity contribution in [3.05, 3.63) is 82.7 Å². The Morgan fingerprint density at radius 3 is 1.89 bits per heavy atom. The molecule has 2 aromatic carbocycles. The number of pyridine rings is 1. The summed E-state index contributed by atoms with van der Waals surface area (Å²) in [5, 5.41) is 27.9. The molecule has 0 spiro atoms. The van der Waals surface area contributed by atoms with Crippen molar-refractivity contribution in [3.8, 4) is 11.5 Å². The van der Waals surface area contributed by atoms with Gasteiger partial charge in [-0.15, -0.1) is 11.4 Å². The Labute approximate surface area is 239 Å². The van der Waals surface area contributed by atoms with Crippen molar-refractivity contribution in [2.45, 2.75) is 78.6 Å². The Bertz CT molecular complexity index is 1190. The van der Waals surface area contributed by atoms with Crippen LogP contribution in [0.1, 0.15) is 84.6 Å². The number of nitrogens with zero attached hydrogens (tertiary/aromatic N) is 2. The average molecular weight is 555 g/mol. The molecule has 0 fully saturated rings. The normalized spacial score (nSPS) is 11.6. The van der Waals surface area contributed by atoms with Crippen LogP contribution < -0.4 is 15.6 Å². The zero-order valence-electron chi connectivity index (χ0n) is 23.8. The number of anilines is 1. The molecule has 3 aromatic rings. The van der Waals surface area contributed by atoms with Crippen molar-refractivity contribution in [3.63, 3.8) is 0 Å². The predicted octanol–water partition coefficient (Wildman–Crippen LogP) is 6.82. The Hall–Kier alpha value is -3.00. The van der Waals surface area contributed by atoms with Crippen LogP contribution in [0.15, 0.2) is 59.8 Å².